The van der Waals surface area contributed by atoms with Gasteiger partial charge in [0, 0.05) is 24.7 Å². The maximum Gasteiger partial charge on any atom is 0.435 e. The molecule has 0 saturated heterocycles. The van der Waals surface area contributed by atoms with Crippen molar-refractivity contribution in [3.8, 4) is 0 Å². The number of halogens is 3. The van der Waals surface area contributed by atoms with Crippen LogP contribution in [-0.4, -0.2) is 39.1 Å². The van der Waals surface area contributed by atoms with Crippen molar-refractivity contribution in [1.82, 2.24) is 19.5 Å². The number of nitrogens with zero attached hydrogens (tertiary/aromatic N) is 3. The zero-order chi connectivity index (χ0) is 19.6. The molecular formula is C16H19F3N4OS3. The van der Waals surface area contributed by atoms with E-state index in [0.717, 1.165) is 23.1 Å². The summed E-state index contributed by atoms with van der Waals surface area (Å²) in [7, 11) is 0. The van der Waals surface area contributed by atoms with Crippen LogP contribution in [0.3, 0.4) is 0 Å². The van der Waals surface area contributed by atoms with E-state index in [4.69, 9.17) is 0 Å². The summed E-state index contributed by atoms with van der Waals surface area (Å²) in [6.45, 7) is 0.705. The minimum Gasteiger partial charge on any atom is -0.352 e. The molecule has 0 spiro atoms. The van der Waals surface area contributed by atoms with Crippen LogP contribution in [0.25, 0.3) is 0 Å². The number of aromatic nitrogens is 3. The molecule has 0 aromatic carbocycles. The van der Waals surface area contributed by atoms with Gasteiger partial charge in [-0.2, -0.15) is 22.6 Å². The number of rotatable bonds is 8. The molecule has 0 atom stereocenters. The Morgan fingerprint density at radius 2 is 2.11 bits per heavy atom. The van der Waals surface area contributed by atoms with Gasteiger partial charge in [0.15, 0.2) is 5.69 Å². The normalized spacial score (nSPS) is 14.6. The van der Waals surface area contributed by atoms with Crippen molar-refractivity contribution in [2.75, 3.05) is 19.1 Å². The summed E-state index contributed by atoms with van der Waals surface area (Å²) >= 11 is 4.18. The van der Waals surface area contributed by atoms with Gasteiger partial charge in [-0.3, -0.25) is 9.48 Å². The standard InChI is InChI=1S/C16H19F3N4OS3/c1-25-14-12(15(26-2)27-22-14)13(24)20-6-3-7-23-10(9-4-5-9)8-11(21-23)16(17,18)19/h8-9H,3-7H2,1-2H3,(H,20,24). The Morgan fingerprint density at radius 1 is 1.37 bits per heavy atom. The second kappa shape index (κ2) is 8.44. The lowest BCUT2D eigenvalue weighted by molar-refractivity contribution is -0.141. The molecule has 1 saturated carbocycles. The number of hydrogen-bond donors (Lipinski definition) is 1. The number of alkyl halides is 3. The fourth-order valence-electron chi connectivity index (χ4n) is 2.71. The number of amides is 1. The molecule has 3 rings (SSSR count). The number of aryl methyl sites for hydroxylation is 1. The summed E-state index contributed by atoms with van der Waals surface area (Å²) in [5.41, 5.74) is 0.383. The first-order valence-electron chi connectivity index (χ1n) is 8.36. The second-order valence-corrected chi connectivity index (χ2v) is 8.76. The van der Waals surface area contributed by atoms with E-state index in [-0.39, 0.29) is 11.8 Å². The van der Waals surface area contributed by atoms with Crippen LogP contribution < -0.4 is 5.32 Å². The van der Waals surface area contributed by atoms with Crippen molar-refractivity contribution in [2.45, 2.75) is 47.1 Å². The van der Waals surface area contributed by atoms with Crippen molar-refractivity contribution >= 4 is 41.0 Å². The van der Waals surface area contributed by atoms with E-state index in [1.54, 1.807) is 0 Å². The monoisotopic (exact) mass is 436 g/mol. The lowest BCUT2D eigenvalue weighted by Gasteiger charge is -2.09. The number of carbonyl (C=O) groups is 1. The maximum absolute atomic E-state index is 12.9. The van der Waals surface area contributed by atoms with Gasteiger partial charge in [-0.25, -0.2) is 0 Å². The SMILES string of the molecule is CSc1nsc(SC)c1C(=O)NCCCn1nc(C(F)(F)F)cc1C1CC1. The molecule has 0 radical (unpaired) electrons. The quantitative estimate of drug-likeness (QED) is 0.488. The number of nitrogens with one attached hydrogen (secondary N) is 1. The summed E-state index contributed by atoms with van der Waals surface area (Å²) < 4.78 is 45.3. The molecule has 0 bridgehead atoms. The largest absolute Gasteiger partial charge is 0.435 e. The van der Waals surface area contributed by atoms with Gasteiger partial charge in [0.25, 0.3) is 5.91 Å². The Kier molecular flexibility index (Phi) is 6.42. The van der Waals surface area contributed by atoms with E-state index in [1.165, 1.54) is 39.7 Å². The van der Waals surface area contributed by atoms with Crippen LogP contribution in [0.15, 0.2) is 15.3 Å². The maximum atomic E-state index is 12.9. The summed E-state index contributed by atoms with van der Waals surface area (Å²) in [6, 6.07) is 1.16. The average Bonchev–Trinajstić information content (AvgIpc) is 3.22. The predicted molar refractivity (Wildman–Crippen MR) is 102 cm³/mol. The van der Waals surface area contributed by atoms with Gasteiger partial charge in [0.05, 0.1) is 9.77 Å². The highest BCUT2D eigenvalue weighted by molar-refractivity contribution is 8.01. The third-order valence-corrected chi connectivity index (χ3v) is 6.90. The summed E-state index contributed by atoms with van der Waals surface area (Å²) in [5.74, 6) is -0.0235. The molecule has 5 nitrogen and oxygen atoms in total. The molecule has 0 aliphatic heterocycles. The number of carbonyl (C=O) groups excluding carboxylic acids is 1. The topological polar surface area (TPSA) is 59.8 Å². The summed E-state index contributed by atoms with van der Waals surface area (Å²) in [4.78, 5) is 12.5. The van der Waals surface area contributed by atoms with Crippen LogP contribution in [0, 0.1) is 0 Å². The molecular weight excluding hydrogens is 417 g/mol. The van der Waals surface area contributed by atoms with E-state index in [0.29, 0.717) is 35.8 Å². The van der Waals surface area contributed by atoms with Crippen molar-refractivity contribution < 1.29 is 18.0 Å². The fourth-order valence-corrected chi connectivity index (χ4v) is 4.98. The van der Waals surface area contributed by atoms with Gasteiger partial charge in [0.2, 0.25) is 0 Å². The minimum atomic E-state index is -4.43. The summed E-state index contributed by atoms with van der Waals surface area (Å²) in [5, 5.41) is 7.27. The molecule has 148 valence electrons. The Morgan fingerprint density at radius 3 is 2.70 bits per heavy atom. The van der Waals surface area contributed by atoms with E-state index in [9.17, 15) is 18.0 Å². The molecule has 1 fully saturated rings. The molecule has 27 heavy (non-hydrogen) atoms. The van der Waals surface area contributed by atoms with Gasteiger partial charge in [0.1, 0.15) is 5.03 Å². The number of thioether (sulfide) groups is 2. The highest BCUT2D eigenvalue weighted by atomic mass is 32.2. The van der Waals surface area contributed by atoms with E-state index in [1.807, 2.05) is 12.5 Å². The number of hydrogen-bond acceptors (Lipinski definition) is 6. The predicted octanol–water partition coefficient (Wildman–Crippen LogP) is 4.50. The smallest absolute Gasteiger partial charge is 0.352 e. The van der Waals surface area contributed by atoms with Crippen molar-refractivity contribution in [3.05, 3.63) is 23.0 Å². The van der Waals surface area contributed by atoms with Crippen LogP contribution in [0.1, 0.15) is 46.9 Å². The molecule has 2 aromatic rings. The fraction of sp³-hybridized carbons (Fsp3) is 0.562. The first-order valence-corrected chi connectivity index (χ1v) is 11.6. The second-order valence-electron chi connectivity index (χ2n) is 6.12. The molecule has 2 heterocycles. The molecule has 2 aromatic heterocycles. The van der Waals surface area contributed by atoms with Gasteiger partial charge in [-0.15, -0.1) is 23.5 Å². The van der Waals surface area contributed by atoms with Gasteiger partial charge < -0.3 is 5.32 Å². The van der Waals surface area contributed by atoms with Crippen LogP contribution >= 0.6 is 35.1 Å². The van der Waals surface area contributed by atoms with Gasteiger partial charge in [-0.05, 0) is 49.4 Å². The lowest BCUT2D eigenvalue weighted by Crippen LogP contribution is -2.26. The zero-order valence-corrected chi connectivity index (χ0v) is 17.2. The van der Waals surface area contributed by atoms with Crippen LogP contribution in [0.5, 0.6) is 0 Å². The minimum absolute atomic E-state index is 0.174. The third-order valence-electron chi connectivity index (χ3n) is 4.16. The molecule has 1 amide bonds. The molecule has 1 aliphatic rings. The van der Waals surface area contributed by atoms with Crippen molar-refractivity contribution in [3.63, 3.8) is 0 Å². The highest BCUT2D eigenvalue weighted by Gasteiger charge is 2.37. The Bertz CT molecular complexity index is 793. The van der Waals surface area contributed by atoms with E-state index < -0.39 is 11.9 Å². The van der Waals surface area contributed by atoms with Gasteiger partial charge in [-0.1, -0.05) is 0 Å². The summed E-state index contributed by atoms with van der Waals surface area (Å²) in [6.07, 6.45) is 1.64. The van der Waals surface area contributed by atoms with E-state index in [2.05, 4.69) is 14.8 Å². The van der Waals surface area contributed by atoms with Gasteiger partial charge >= 0.3 is 6.18 Å². The first kappa shape index (κ1) is 20.5. The third kappa shape index (κ3) is 4.80. The molecule has 1 aliphatic carbocycles. The van der Waals surface area contributed by atoms with Crippen LogP contribution in [0.4, 0.5) is 13.2 Å². The molecule has 11 heteroatoms. The van der Waals surface area contributed by atoms with Crippen molar-refractivity contribution in [1.29, 1.82) is 0 Å². The van der Waals surface area contributed by atoms with Crippen molar-refractivity contribution in [2.24, 2.45) is 0 Å². The zero-order valence-electron chi connectivity index (χ0n) is 14.8. The average molecular weight is 437 g/mol. The molecule has 1 N–H and O–H groups in total. The molecule has 0 unspecified atom stereocenters. The van der Waals surface area contributed by atoms with Crippen LogP contribution in [0.2, 0.25) is 0 Å². The first-order chi connectivity index (χ1) is 12.8. The Balaban J connectivity index is 1.58. The Labute approximate surface area is 167 Å². The Hall–Kier alpha value is -1.20. The van der Waals surface area contributed by atoms with Crippen LogP contribution in [-0.2, 0) is 12.7 Å². The lowest BCUT2D eigenvalue weighted by atomic mass is 10.2. The van der Waals surface area contributed by atoms with E-state index >= 15 is 0 Å². The highest BCUT2D eigenvalue weighted by Crippen LogP contribution is 2.42.